The second-order valence-corrected chi connectivity index (χ2v) is 2.92. The average Bonchev–Trinajstić information content (AvgIpc) is 2.21. The Morgan fingerprint density at radius 2 is 2.31 bits per heavy atom. The summed E-state index contributed by atoms with van der Waals surface area (Å²) < 4.78 is 5.27. The van der Waals surface area contributed by atoms with Crippen LogP contribution in [0.2, 0.25) is 0 Å². The Labute approximate surface area is 77.0 Å². The minimum atomic E-state index is -0.354. The number of carbonyl (C=O) groups is 2. The molecule has 1 fully saturated rings. The lowest BCUT2D eigenvalue weighted by atomic mass is 10.2. The van der Waals surface area contributed by atoms with Crippen LogP contribution < -0.4 is 5.32 Å². The maximum absolute atomic E-state index is 11.3. The van der Waals surface area contributed by atoms with Crippen molar-refractivity contribution < 1.29 is 14.3 Å². The number of urea groups is 1. The zero-order valence-corrected chi connectivity index (χ0v) is 7.87. The lowest BCUT2D eigenvalue weighted by molar-refractivity contribution is -0.129. The molecule has 0 spiro atoms. The number of hydrogen-bond donors (Lipinski definition) is 1. The minimum absolute atomic E-state index is 0.189. The van der Waals surface area contributed by atoms with Crippen molar-refractivity contribution in [2.45, 2.75) is 19.4 Å². The monoisotopic (exact) mass is 186 g/mol. The van der Waals surface area contributed by atoms with Gasteiger partial charge in [0, 0.05) is 20.2 Å². The van der Waals surface area contributed by atoms with Gasteiger partial charge in [0.1, 0.15) is 0 Å². The fraction of sp³-hybridized carbons (Fsp3) is 0.750. The van der Waals surface area contributed by atoms with E-state index in [4.69, 9.17) is 4.74 Å². The molecular weight excluding hydrogens is 172 g/mol. The van der Waals surface area contributed by atoms with Gasteiger partial charge in [-0.05, 0) is 6.92 Å². The third-order valence-electron chi connectivity index (χ3n) is 1.96. The number of imide groups is 1. The average molecular weight is 186 g/mol. The third kappa shape index (κ3) is 2.42. The Bertz CT molecular complexity index is 217. The number of carbonyl (C=O) groups excluding carboxylic acids is 2. The molecule has 1 aliphatic heterocycles. The van der Waals surface area contributed by atoms with Crippen molar-refractivity contribution >= 4 is 11.9 Å². The summed E-state index contributed by atoms with van der Waals surface area (Å²) in [7, 11) is 1.46. The summed E-state index contributed by atoms with van der Waals surface area (Å²) in [5.74, 6) is -0.201. The first-order valence-electron chi connectivity index (χ1n) is 4.31. The Morgan fingerprint density at radius 3 is 2.92 bits per heavy atom. The van der Waals surface area contributed by atoms with E-state index in [1.54, 1.807) is 0 Å². The van der Waals surface area contributed by atoms with Crippen LogP contribution in [0.1, 0.15) is 13.3 Å². The van der Waals surface area contributed by atoms with Gasteiger partial charge in [-0.1, -0.05) is 0 Å². The van der Waals surface area contributed by atoms with E-state index in [0.717, 1.165) is 4.90 Å². The number of amides is 3. The highest BCUT2D eigenvalue weighted by atomic mass is 16.5. The molecular formula is C8H14N2O3. The van der Waals surface area contributed by atoms with Crippen LogP contribution in [0.3, 0.4) is 0 Å². The molecule has 5 heteroatoms. The molecule has 0 saturated carbocycles. The molecule has 1 unspecified atom stereocenters. The van der Waals surface area contributed by atoms with E-state index in [9.17, 15) is 9.59 Å². The molecule has 0 radical (unpaired) electrons. The first-order chi connectivity index (χ1) is 6.15. The van der Waals surface area contributed by atoms with Gasteiger partial charge in [-0.3, -0.25) is 9.69 Å². The quantitative estimate of drug-likeness (QED) is 0.658. The molecule has 3 amide bonds. The number of nitrogens with zero attached hydrogens (tertiary/aromatic N) is 1. The zero-order valence-electron chi connectivity index (χ0n) is 7.87. The van der Waals surface area contributed by atoms with Crippen molar-refractivity contribution in [3.8, 4) is 0 Å². The standard InChI is InChI=1S/C8H14N2O3/c1-3-13-6-4-7(11)10(2)8(12)9-5-6/h6H,3-5H2,1-2H3,(H,9,12). The van der Waals surface area contributed by atoms with E-state index < -0.39 is 0 Å². The molecule has 0 bridgehead atoms. The molecule has 1 aliphatic rings. The molecule has 0 aromatic heterocycles. The molecule has 13 heavy (non-hydrogen) atoms. The van der Waals surface area contributed by atoms with Crippen LogP contribution in [0.4, 0.5) is 4.79 Å². The van der Waals surface area contributed by atoms with Crippen LogP contribution >= 0.6 is 0 Å². The largest absolute Gasteiger partial charge is 0.376 e. The van der Waals surface area contributed by atoms with E-state index in [1.807, 2.05) is 6.92 Å². The highest BCUT2D eigenvalue weighted by Gasteiger charge is 2.25. The van der Waals surface area contributed by atoms with E-state index >= 15 is 0 Å². The zero-order chi connectivity index (χ0) is 9.84. The Balaban J connectivity index is 2.58. The fourth-order valence-corrected chi connectivity index (χ4v) is 1.19. The topological polar surface area (TPSA) is 58.6 Å². The van der Waals surface area contributed by atoms with E-state index in [2.05, 4.69) is 5.32 Å². The van der Waals surface area contributed by atoms with Gasteiger partial charge in [-0.25, -0.2) is 4.79 Å². The maximum atomic E-state index is 11.3. The summed E-state index contributed by atoms with van der Waals surface area (Å²) in [6.45, 7) is 2.82. The summed E-state index contributed by atoms with van der Waals surface area (Å²) >= 11 is 0. The number of hydrogen-bond acceptors (Lipinski definition) is 3. The lowest BCUT2D eigenvalue weighted by Crippen LogP contribution is -2.38. The van der Waals surface area contributed by atoms with E-state index in [1.165, 1.54) is 7.05 Å². The van der Waals surface area contributed by atoms with Gasteiger partial charge in [0.2, 0.25) is 5.91 Å². The summed E-state index contributed by atoms with van der Waals surface area (Å²) in [6.07, 6.45) is 0.0784. The predicted molar refractivity (Wildman–Crippen MR) is 46.2 cm³/mol. The molecule has 1 saturated heterocycles. The van der Waals surface area contributed by atoms with Gasteiger partial charge in [0.05, 0.1) is 12.5 Å². The van der Waals surface area contributed by atoms with Crippen LogP contribution in [-0.4, -0.2) is 43.1 Å². The highest BCUT2D eigenvalue weighted by Crippen LogP contribution is 2.05. The van der Waals surface area contributed by atoms with Gasteiger partial charge in [0.15, 0.2) is 0 Å². The minimum Gasteiger partial charge on any atom is -0.376 e. The second kappa shape index (κ2) is 4.23. The molecule has 1 heterocycles. The van der Waals surface area contributed by atoms with Gasteiger partial charge < -0.3 is 10.1 Å². The van der Waals surface area contributed by atoms with Gasteiger partial charge in [-0.15, -0.1) is 0 Å². The molecule has 5 nitrogen and oxygen atoms in total. The SMILES string of the molecule is CCOC1CNC(=O)N(C)C(=O)C1. The van der Waals surface area contributed by atoms with E-state index in [-0.39, 0.29) is 24.5 Å². The first-order valence-corrected chi connectivity index (χ1v) is 4.31. The number of ether oxygens (including phenoxy) is 1. The molecule has 1 atom stereocenters. The Hall–Kier alpha value is -1.10. The normalized spacial score (nSPS) is 24.2. The second-order valence-electron chi connectivity index (χ2n) is 2.92. The smallest absolute Gasteiger partial charge is 0.323 e. The number of nitrogens with one attached hydrogen (secondary N) is 1. The summed E-state index contributed by atoms with van der Waals surface area (Å²) in [6, 6.07) is -0.354. The molecule has 74 valence electrons. The molecule has 0 aromatic rings. The molecule has 1 rings (SSSR count). The summed E-state index contributed by atoms with van der Waals surface area (Å²) in [5, 5.41) is 2.60. The first kappa shape index (κ1) is 9.98. The fourth-order valence-electron chi connectivity index (χ4n) is 1.19. The Morgan fingerprint density at radius 1 is 1.62 bits per heavy atom. The van der Waals surface area contributed by atoms with Crippen LogP contribution in [-0.2, 0) is 9.53 Å². The van der Waals surface area contributed by atoms with Crippen molar-refractivity contribution in [3.63, 3.8) is 0 Å². The van der Waals surface area contributed by atoms with Crippen molar-refractivity contribution in [1.29, 1.82) is 0 Å². The van der Waals surface area contributed by atoms with Crippen molar-refractivity contribution in [2.24, 2.45) is 0 Å². The molecule has 0 aromatic carbocycles. The molecule has 0 aliphatic carbocycles. The van der Waals surface area contributed by atoms with Crippen molar-refractivity contribution in [2.75, 3.05) is 20.2 Å². The van der Waals surface area contributed by atoms with Crippen LogP contribution in [0.15, 0.2) is 0 Å². The van der Waals surface area contributed by atoms with Crippen LogP contribution in [0.5, 0.6) is 0 Å². The predicted octanol–water partition coefficient (Wildman–Crippen LogP) is -0.0368. The Kier molecular flexibility index (Phi) is 3.25. The summed E-state index contributed by atoms with van der Waals surface area (Å²) in [5.41, 5.74) is 0. The van der Waals surface area contributed by atoms with Gasteiger partial charge in [-0.2, -0.15) is 0 Å². The maximum Gasteiger partial charge on any atom is 0.323 e. The molecule has 1 N–H and O–H groups in total. The van der Waals surface area contributed by atoms with Crippen LogP contribution in [0.25, 0.3) is 0 Å². The van der Waals surface area contributed by atoms with Gasteiger partial charge in [0.25, 0.3) is 0 Å². The van der Waals surface area contributed by atoms with Crippen molar-refractivity contribution in [3.05, 3.63) is 0 Å². The van der Waals surface area contributed by atoms with Gasteiger partial charge >= 0.3 is 6.03 Å². The summed E-state index contributed by atoms with van der Waals surface area (Å²) in [4.78, 5) is 23.5. The van der Waals surface area contributed by atoms with Crippen molar-refractivity contribution in [1.82, 2.24) is 10.2 Å². The van der Waals surface area contributed by atoms with Crippen LogP contribution in [0, 0.1) is 0 Å². The lowest BCUT2D eigenvalue weighted by Gasteiger charge is -2.12. The number of rotatable bonds is 2. The third-order valence-corrected chi connectivity index (χ3v) is 1.96. The highest BCUT2D eigenvalue weighted by molar-refractivity contribution is 5.95. The van der Waals surface area contributed by atoms with E-state index in [0.29, 0.717) is 13.2 Å².